The molecule has 3 nitrogen and oxygen atoms in total. The summed E-state index contributed by atoms with van der Waals surface area (Å²) in [5.74, 6) is 0. The molecule has 1 aliphatic heterocycles. The molecule has 0 aromatic carbocycles. The summed E-state index contributed by atoms with van der Waals surface area (Å²) in [5.41, 5.74) is 4.51. The van der Waals surface area contributed by atoms with Crippen LogP contribution in [0.5, 0.6) is 0 Å². The molecule has 86 valence electrons. The van der Waals surface area contributed by atoms with Crippen molar-refractivity contribution in [2.75, 3.05) is 0 Å². The van der Waals surface area contributed by atoms with Gasteiger partial charge in [0.05, 0.1) is 0 Å². The van der Waals surface area contributed by atoms with Gasteiger partial charge in [-0.3, -0.25) is 0 Å². The molecular weight excluding hydrogens is 266 g/mol. The van der Waals surface area contributed by atoms with Crippen molar-refractivity contribution in [2.24, 2.45) is 0 Å². The van der Waals surface area contributed by atoms with Gasteiger partial charge in [-0.25, -0.2) is 0 Å². The molecule has 0 unspecified atom stereocenters. The van der Waals surface area contributed by atoms with Crippen LogP contribution in [0.3, 0.4) is 0 Å². The van der Waals surface area contributed by atoms with E-state index in [1.165, 1.54) is 30.3 Å². The molecule has 0 saturated carbocycles. The smallest absolute Gasteiger partial charge is 0 e. The van der Waals surface area contributed by atoms with E-state index >= 15 is 0 Å². The van der Waals surface area contributed by atoms with E-state index in [9.17, 15) is 0 Å². The first-order valence-electron chi connectivity index (χ1n) is 3.81. The molecule has 0 aromatic rings. The predicted molar refractivity (Wildman–Crippen MR) is 56.7 cm³/mol. The minimum atomic E-state index is 0. The van der Waals surface area contributed by atoms with Crippen LogP contribution in [0.4, 0.5) is 0 Å². The summed E-state index contributed by atoms with van der Waals surface area (Å²) < 4.78 is 22.5. The first-order valence-corrected chi connectivity index (χ1v) is 4.70. The molecule has 0 fully saturated rings. The molecule has 2 radical (unpaired) electrons. The minimum Gasteiger partial charge on any atom is 0 e. The maximum atomic E-state index is 7.50. The Morgan fingerprint density at radius 1 is 0.750 bits per heavy atom. The van der Waals surface area contributed by atoms with E-state index in [1.54, 1.807) is 0 Å². The van der Waals surface area contributed by atoms with E-state index in [1.807, 2.05) is 0 Å². The molecule has 0 saturated heterocycles. The fourth-order valence-electron chi connectivity index (χ4n) is 0.962. The third kappa shape index (κ3) is 8.92. The van der Waals surface area contributed by atoms with Gasteiger partial charge < -0.3 is 0 Å². The van der Waals surface area contributed by atoms with Gasteiger partial charge in [-0.15, -0.1) is 0 Å². The summed E-state index contributed by atoms with van der Waals surface area (Å²) >= 11 is 0. The average molecular weight is 278 g/mol. The normalized spacial score (nSPS) is 13.2. The molecule has 0 aliphatic carbocycles. The van der Waals surface area contributed by atoms with Crippen LogP contribution >= 0.6 is 8.20 Å². The van der Waals surface area contributed by atoms with Gasteiger partial charge in [0.1, 0.15) is 0 Å². The summed E-state index contributed by atoms with van der Waals surface area (Å²) in [7, 11) is 1.44. The van der Waals surface area contributed by atoms with Crippen molar-refractivity contribution >= 4 is 13.5 Å². The Labute approximate surface area is 109 Å². The predicted octanol–water partition coefficient (Wildman–Crippen LogP) is 2.91. The molecule has 0 amide bonds. The molecule has 5 heteroatoms. The van der Waals surface area contributed by atoms with Crippen LogP contribution in [-0.4, -0.2) is 5.29 Å². The van der Waals surface area contributed by atoms with E-state index in [-0.39, 0.29) is 17.1 Å². The van der Waals surface area contributed by atoms with Crippen molar-refractivity contribution in [3.05, 3.63) is 36.8 Å². The molecule has 0 spiro atoms. The summed E-state index contributed by atoms with van der Waals surface area (Å²) in [4.78, 5) is 0. The third-order valence-electron chi connectivity index (χ3n) is 1.98. The molecule has 0 atom stereocenters. The van der Waals surface area contributed by atoms with Crippen LogP contribution in [0, 0.1) is 25.6 Å². The summed E-state index contributed by atoms with van der Waals surface area (Å²) in [5, 5.41) is 1.52. The average Bonchev–Trinajstić information content (AvgIpc) is 2.54. The number of rotatable bonds is 0. The zero-order valence-electron chi connectivity index (χ0n) is 9.55. The first kappa shape index (κ1) is 24.7. The van der Waals surface area contributed by atoms with Crippen molar-refractivity contribution in [1.29, 1.82) is 0 Å². The van der Waals surface area contributed by atoms with Crippen LogP contribution in [0.25, 0.3) is 0 Å². The molecule has 0 aromatic heterocycles. The number of hydrogen-bond donors (Lipinski definition) is 0. The standard InChI is InChI=1S/C8H12P.3CO.Mn/c1-5-6(2)8(4)9-7(5)3;3*1-2;/h1-4H3;;;;. The Kier molecular flexibility index (Phi) is 26.4. The van der Waals surface area contributed by atoms with Gasteiger partial charge in [-0.05, 0) is 38.6 Å². The van der Waals surface area contributed by atoms with Crippen LogP contribution < -0.4 is 0 Å². The number of hydrogen-bond acceptors (Lipinski definition) is 0. The second-order valence-electron chi connectivity index (χ2n) is 2.53. The zero-order chi connectivity index (χ0) is 13.0. The zero-order valence-corrected chi connectivity index (χ0v) is 11.6. The van der Waals surface area contributed by atoms with Gasteiger partial charge in [-0.1, -0.05) is 13.8 Å². The monoisotopic (exact) mass is 278 g/mol. The second kappa shape index (κ2) is 17.1. The van der Waals surface area contributed by atoms with Crippen LogP contribution in [0.2, 0.25) is 0 Å². The first-order chi connectivity index (χ1) is 7.13. The van der Waals surface area contributed by atoms with Gasteiger partial charge in [-0.2, -0.15) is 0 Å². The number of allylic oxidation sites excluding steroid dienone is 2. The van der Waals surface area contributed by atoms with E-state index in [4.69, 9.17) is 14.0 Å². The molecule has 1 aliphatic rings. The maximum absolute atomic E-state index is 7.50. The Hall–Kier alpha value is -0.351. The third-order valence-corrected chi connectivity index (χ3v) is 3.32. The van der Waals surface area contributed by atoms with Gasteiger partial charge >= 0.3 is 33.9 Å². The van der Waals surface area contributed by atoms with Gasteiger partial charge in [0, 0.05) is 22.7 Å². The van der Waals surface area contributed by atoms with Crippen LogP contribution in [0.1, 0.15) is 27.7 Å². The van der Waals surface area contributed by atoms with Gasteiger partial charge in [0.25, 0.3) is 0 Å². The minimum absolute atomic E-state index is 0. The fourth-order valence-corrected chi connectivity index (χ4v) is 2.14. The molecule has 0 bridgehead atoms. The van der Waals surface area contributed by atoms with Crippen molar-refractivity contribution in [3.8, 4) is 0 Å². The topological polar surface area (TPSA) is 59.7 Å². The van der Waals surface area contributed by atoms with Crippen LogP contribution in [0.15, 0.2) is 11.1 Å². The SMILES string of the molecule is C[C]1P=C(C)C(C)=C1C.[C-]#[O+].[C-]#[O+].[C-]#[O+].[Mn]. The maximum Gasteiger partial charge on any atom is 0 e. The van der Waals surface area contributed by atoms with Gasteiger partial charge in [0.2, 0.25) is 0 Å². The largest absolute Gasteiger partial charge is 0 e. The Bertz CT molecular complexity index is 286. The quantitative estimate of drug-likeness (QED) is 0.283. The molecule has 16 heavy (non-hydrogen) atoms. The van der Waals surface area contributed by atoms with Crippen molar-refractivity contribution in [1.82, 2.24) is 0 Å². The van der Waals surface area contributed by atoms with E-state index < -0.39 is 0 Å². The van der Waals surface area contributed by atoms with E-state index in [2.05, 4.69) is 47.6 Å². The van der Waals surface area contributed by atoms with Gasteiger partial charge in [0.15, 0.2) is 0 Å². The van der Waals surface area contributed by atoms with Crippen molar-refractivity contribution in [2.45, 2.75) is 27.7 Å². The molecule has 1 heterocycles. The van der Waals surface area contributed by atoms with E-state index in [0.717, 1.165) is 0 Å². The fraction of sp³-hybridized carbons (Fsp3) is 0.364. The summed E-state index contributed by atoms with van der Waals surface area (Å²) in [6.07, 6.45) is 0. The second-order valence-corrected chi connectivity index (χ2v) is 4.10. The Morgan fingerprint density at radius 2 is 1.06 bits per heavy atom. The Balaban J connectivity index is -0.0000000900. The van der Waals surface area contributed by atoms with E-state index in [0.29, 0.717) is 0 Å². The van der Waals surface area contributed by atoms with Crippen molar-refractivity contribution < 1.29 is 31.0 Å². The summed E-state index contributed by atoms with van der Waals surface area (Å²) in [6.45, 7) is 22.3. The van der Waals surface area contributed by atoms with Crippen molar-refractivity contribution in [3.63, 3.8) is 0 Å². The molecule has 1 rings (SSSR count). The molecule has 0 N–H and O–H groups in total. The summed E-state index contributed by atoms with van der Waals surface area (Å²) in [6, 6.07) is 0. The Morgan fingerprint density at radius 3 is 1.12 bits per heavy atom. The molecular formula is C11H12MnO3P. The van der Waals surface area contributed by atoms with Crippen LogP contribution in [-0.2, 0) is 31.0 Å².